The molecule has 1 aliphatic rings. The summed E-state index contributed by atoms with van der Waals surface area (Å²) in [6.07, 6.45) is 0. The molecule has 1 amide bonds. The molecular formula is C26H23FN4O3. The Morgan fingerprint density at radius 2 is 1.79 bits per heavy atom. The zero-order valence-electron chi connectivity index (χ0n) is 18.7. The van der Waals surface area contributed by atoms with Crippen molar-refractivity contribution >= 4 is 17.4 Å². The lowest BCUT2D eigenvalue weighted by Gasteiger charge is -2.19. The Labute approximate surface area is 195 Å². The number of amides is 1. The Bertz CT molecular complexity index is 1430. The maximum absolute atomic E-state index is 13.6. The number of halogens is 1. The van der Waals surface area contributed by atoms with E-state index in [0.29, 0.717) is 12.4 Å². The van der Waals surface area contributed by atoms with Crippen LogP contribution < -0.4 is 5.32 Å². The molecule has 3 aromatic carbocycles. The van der Waals surface area contributed by atoms with Crippen LogP contribution in [-0.4, -0.2) is 30.8 Å². The fourth-order valence-electron chi connectivity index (χ4n) is 4.31. The number of hydrogen-bond acceptors (Lipinski definition) is 5. The molecule has 0 radical (unpaired) electrons. The van der Waals surface area contributed by atoms with E-state index >= 15 is 0 Å². The summed E-state index contributed by atoms with van der Waals surface area (Å²) in [6, 6.07) is 16.7. The third-order valence-corrected chi connectivity index (χ3v) is 6.06. The predicted molar refractivity (Wildman–Crippen MR) is 126 cm³/mol. The number of carbonyl (C=O) groups is 1. The van der Waals surface area contributed by atoms with Crippen LogP contribution in [0.4, 0.5) is 15.9 Å². The molecule has 1 aliphatic heterocycles. The number of nitrogens with one attached hydrogen (secondary N) is 1. The molecule has 3 N–H and O–H groups in total. The molecule has 1 aromatic heterocycles. The molecule has 0 unspecified atom stereocenters. The van der Waals surface area contributed by atoms with Crippen LogP contribution in [0.25, 0.3) is 11.3 Å². The molecule has 0 spiro atoms. The average Bonchev–Trinajstić information content (AvgIpc) is 3.36. The van der Waals surface area contributed by atoms with Crippen LogP contribution >= 0.6 is 0 Å². The number of phenolic OH excluding ortho intramolecular Hbond substituents is 2. The minimum absolute atomic E-state index is 0.0183. The van der Waals surface area contributed by atoms with Gasteiger partial charge in [-0.1, -0.05) is 30.3 Å². The summed E-state index contributed by atoms with van der Waals surface area (Å²) in [5.41, 5.74) is 4.64. The van der Waals surface area contributed by atoms with Crippen molar-refractivity contribution in [3.63, 3.8) is 0 Å². The molecule has 5 rings (SSSR count). The van der Waals surface area contributed by atoms with E-state index < -0.39 is 5.91 Å². The van der Waals surface area contributed by atoms with E-state index in [9.17, 15) is 19.4 Å². The van der Waals surface area contributed by atoms with E-state index in [-0.39, 0.29) is 35.1 Å². The van der Waals surface area contributed by atoms with Gasteiger partial charge < -0.3 is 20.4 Å². The molecule has 172 valence electrons. The number of nitrogens with zero attached hydrogens (tertiary/aromatic N) is 3. The zero-order valence-corrected chi connectivity index (χ0v) is 18.7. The Morgan fingerprint density at radius 3 is 2.59 bits per heavy atom. The summed E-state index contributed by atoms with van der Waals surface area (Å²) in [5.74, 6) is -0.758. The Balaban J connectivity index is 1.48. The second kappa shape index (κ2) is 8.22. The Kier molecular flexibility index (Phi) is 5.20. The lowest BCUT2D eigenvalue weighted by Crippen LogP contribution is -2.26. The van der Waals surface area contributed by atoms with Crippen molar-refractivity contribution < 1.29 is 19.4 Å². The fraction of sp³-hybridized carbons (Fsp3) is 0.154. The molecule has 7 nitrogen and oxygen atoms in total. The maximum atomic E-state index is 13.6. The maximum Gasteiger partial charge on any atom is 0.260 e. The molecule has 0 saturated heterocycles. The normalized spacial score (nSPS) is 12.6. The first-order valence-electron chi connectivity index (χ1n) is 10.8. The van der Waals surface area contributed by atoms with Gasteiger partial charge in [0, 0.05) is 43.9 Å². The van der Waals surface area contributed by atoms with Gasteiger partial charge in [-0.25, -0.2) is 4.39 Å². The van der Waals surface area contributed by atoms with Gasteiger partial charge in [0.1, 0.15) is 28.7 Å². The summed E-state index contributed by atoms with van der Waals surface area (Å²) < 4.78 is 15.3. The first-order chi connectivity index (χ1) is 16.3. The third-order valence-electron chi connectivity index (χ3n) is 6.06. The number of anilines is 2. The number of aromatic hydroxyl groups is 2. The van der Waals surface area contributed by atoms with E-state index in [1.807, 2.05) is 37.3 Å². The third kappa shape index (κ3) is 3.83. The average molecular weight is 458 g/mol. The SMILES string of the molecule is Cc1ccccc1-c1cc(Nc2cc(O)cc(O)c2C(=O)N2Cc3ccc(F)cc3C2)n(C)n1. The Morgan fingerprint density at radius 1 is 1.03 bits per heavy atom. The molecule has 8 heteroatoms. The lowest BCUT2D eigenvalue weighted by atomic mass is 10.1. The molecule has 0 saturated carbocycles. The minimum Gasteiger partial charge on any atom is -0.508 e. The van der Waals surface area contributed by atoms with Crippen molar-refractivity contribution in [1.82, 2.24) is 14.7 Å². The molecule has 0 atom stereocenters. The second-order valence-electron chi connectivity index (χ2n) is 8.44. The number of carbonyl (C=O) groups excluding carboxylic acids is 1. The van der Waals surface area contributed by atoms with Gasteiger partial charge in [0.25, 0.3) is 5.91 Å². The lowest BCUT2D eigenvalue weighted by molar-refractivity contribution is 0.0749. The highest BCUT2D eigenvalue weighted by Gasteiger charge is 2.29. The minimum atomic E-state index is -0.432. The smallest absolute Gasteiger partial charge is 0.260 e. The van der Waals surface area contributed by atoms with E-state index in [1.54, 1.807) is 17.8 Å². The topological polar surface area (TPSA) is 90.6 Å². The molecule has 34 heavy (non-hydrogen) atoms. The van der Waals surface area contributed by atoms with Crippen molar-refractivity contribution in [2.45, 2.75) is 20.0 Å². The number of benzene rings is 3. The summed E-state index contributed by atoms with van der Waals surface area (Å²) in [5, 5.41) is 28.4. The van der Waals surface area contributed by atoms with Crippen LogP contribution in [0.3, 0.4) is 0 Å². The van der Waals surface area contributed by atoms with Gasteiger partial charge in [0.15, 0.2) is 0 Å². The number of rotatable bonds is 4. The van der Waals surface area contributed by atoms with Crippen LogP contribution in [0.2, 0.25) is 0 Å². The van der Waals surface area contributed by atoms with Gasteiger partial charge in [-0.05, 0) is 35.7 Å². The van der Waals surface area contributed by atoms with Crippen LogP contribution in [-0.2, 0) is 20.1 Å². The standard InChI is InChI=1S/C26H23FN4O3/c1-15-5-3-4-6-20(15)21-12-24(30(2)29-21)28-22-10-19(32)11-23(33)25(22)26(34)31-13-16-7-8-18(27)9-17(16)14-31/h3-12,28,32-33H,13-14H2,1-2H3. The van der Waals surface area contributed by atoms with Crippen LogP contribution in [0.5, 0.6) is 11.5 Å². The monoisotopic (exact) mass is 458 g/mol. The van der Waals surface area contributed by atoms with Crippen molar-refractivity contribution in [3.05, 3.63) is 88.7 Å². The largest absolute Gasteiger partial charge is 0.508 e. The molecular weight excluding hydrogens is 435 g/mol. The second-order valence-corrected chi connectivity index (χ2v) is 8.44. The highest BCUT2D eigenvalue weighted by Crippen LogP contribution is 2.36. The summed E-state index contributed by atoms with van der Waals surface area (Å²) in [6.45, 7) is 2.53. The van der Waals surface area contributed by atoms with Gasteiger partial charge >= 0.3 is 0 Å². The van der Waals surface area contributed by atoms with Crippen molar-refractivity contribution in [2.75, 3.05) is 5.32 Å². The quantitative estimate of drug-likeness (QED) is 0.407. The first-order valence-corrected chi connectivity index (χ1v) is 10.8. The highest BCUT2D eigenvalue weighted by molar-refractivity contribution is 6.03. The van der Waals surface area contributed by atoms with E-state index in [4.69, 9.17) is 0 Å². The summed E-state index contributed by atoms with van der Waals surface area (Å²) in [7, 11) is 1.76. The first kappa shape index (κ1) is 21.5. The number of phenols is 2. The summed E-state index contributed by atoms with van der Waals surface area (Å²) in [4.78, 5) is 15.0. The molecule has 4 aromatic rings. The summed E-state index contributed by atoms with van der Waals surface area (Å²) >= 11 is 0. The Hall–Kier alpha value is -4.33. The van der Waals surface area contributed by atoms with Gasteiger partial charge in [0.05, 0.1) is 11.4 Å². The van der Waals surface area contributed by atoms with Crippen molar-refractivity contribution in [1.29, 1.82) is 0 Å². The van der Waals surface area contributed by atoms with Gasteiger partial charge in [-0.2, -0.15) is 5.10 Å². The highest BCUT2D eigenvalue weighted by atomic mass is 19.1. The molecule has 0 fully saturated rings. The zero-order chi connectivity index (χ0) is 24.0. The van der Waals surface area contributed by atoms with E-state index in [0.717, 1.165) is 34.0 Å². The predicted octanol–water partition coefficient (Wildman–Crippen LogP) is 4.85. The van der Waals surface area contributed by atoms with Crippen LogP contribution in [0, 0.1) is 12.7 Å². The van der Waals surface area contributed by atoms with Crippen molar-refractivity contribution in [2.24, 2.45) is 7.05 Å². The molecule has 0 bridgehead atoms. The number of aryl methyl sites for hydroxylation is 2. The van der Waals surface area contributed by atoms with Crippen LogP contribution in [0.1, 0.15) is 27.0 Å². The fourth-order valence-corrected chi connectivity index (χ4v) is 4.31. The van der Waals surface area contributed by atoms with Gasteiger partial charge in [0.2, 0.25) is 0 Å². The van der Waals surface area contributed by atoms with Crippen LogP contribution in [0.15, 0.2) is 60.7 Å². The van der Waals surface area contributed by atoms with Gasteiger partial charge in [-0.3, -0.25) is 9.48 Å². The molecule has 2 heterocycles. The number of fused-ring (bicyclic) bond motifs is 1. The number of hydrogen-bond donors (Lipinski definition) is 3. The van der Waals surface area contributed by atoms with E-state index in [1.165, 1.54) is 23.1 Å². The van der Waals surface area contributed by atoms with Crippen molar-refractivity contribution in [3.8, 4) is 22.8 Å². The number of aromatic nitrogens is 2. The van der Waals surface area contributed by atoms with E-state index in [2.05, 4.69) is 10.4 Å². The van der Waals surface area contributed by atoms with Gasteiger partial charge in [-0.15, -0.1) is 0 Å². The molecule has 0 aliphatic carbocycles.